The van der Waals surface area contributed by atoms with E-state index in [0.717, 1.165) is 11.3 Å². The third-order valence-electron chi connectivity index (χ3n) is 5.67. The van der Waals surface area contributed by atoms with E-state index in [0.29, 0.717) is 6.54 Å². The van der Waals surface area contributed by atoms with Crippen molar-refractivity contribution in [3.05, 3.63) is 42.0 Å². The normalized spacial score (nSPS) is 33.5. The lowest BCUT2D eigenvalue weighted by atomic mass is 9.77. The molecule has 132 valence electrons. The van der Waals surface area contributed by atoms with Crippen molar-refractivity contribution in [2.45, 2.75) is 24.7 Å². The lowest BCUT2D eigenvalue weighted by Crippen LogP contribution is -2.39. The van der Waals surface area contributed by atoms with Crippen molar-refractivity contribution in [1.82, 2.24) is 4.90 Å². The zero-order valence-corrected chi connectivity index (χ0v) is 14.5. The number of benzene rings is 1. The predicted octanol–water partition coefficient (Wildman–Crippen LogP) is 1.71. The van der Waals surface area contributed by atoms with Gasteiger partial charge < -0.3 is 19.1 Å². The Bertz CT molecular complexity index is 743. The Morgan fingerprint density at radius 2 is 2.04 bits per heavy atom. The monoisotopic (exact) mass is 343 g/mol. The molecule has 0 N–H and O–H groups in total. The number of hydrogen-bond acceptors (Lipinski definition) is 5. The number of esters is 1. The van der Waals surface area contributed by atoms with Crippen LogP contribution in [0.5, 0.6) is 5.75 Å². The highest BCUT2D eigenvalue weighted by molar-refractivity contribution is 5.91. The summed E-state index contributed by atoms with van der Waals surface area (Å²) < 4.78 is 16.1. The highest BCUT2D eigenvalue weighted by Crippen LogP contribution is 2.53. The third-order valence-corrected chi connectivity index (χ3v) is 5.67. The molecule has 5 atom stereocenters. The van der Waals surface area contributed by atoms with Crippen LogP contribution in [0.25, 0.3) is 0 Å². The molecule has 1 aromatic carbocycles. The van der Waals surface area contributed by atoms with Gasteiger partial charge in [-0.3, -0.25) is 9.59 Å². The second-order valence-electron chi connectivity index (χ2n) is 6.84. The van der Waals surface area contributed by atoms with Crippen molar-refractivity contribution < 1.29 is 23.8 Å². The molecule has 6 nitrogen and oxygen atoms in total. The molecule has 25 heavy (non-hydrogen) atoms. The number of fused-ring (bicyclic) bond motifs is 1. The molecular formula is C19H21NO5. The van der Waals surface area contributed by atoms with Gasteiger partial charge in [-0.15, -0.1) is 0 Å². The van der Waals surface area contributed by atoms with Crippen LogP contribution < -0.4 is 4.74 Å². The molecule has 3 aliphatic rings. The number of nitrogens with zero attached hydrogens (tertiary/aromatic N) is 1. The van der Waals surface area contributed by atoms with E-state index in [-0.39, 0.29) is 24.0 Å². The van der Waals surface area contributed by atoms with E-state index in [1.165, 1.54) is 7.11 Å². The highest BCUT2D eigenvalue weighted by Gasteiger charge is 2.67. The van der Waals surface area contributed by atoms with Crippen molar-refractivity contribution in [2.24, 2.45) is 11.8 Å². The van der Waals surface area contributed by atoms with Crippen molar-refractivity contribution in [3.63, 3.8) is 0 Å². The van der Waals surface area contributed by atoms with Crippen LogP contribution in [0.1, 0.15) is 18.5 Å². The van der Waals surface area contributed by atoms with Gasteiger partial charge in [0.15, 0.2) is 0 Å². The maximum Gasteiger partial charge on any atom is 0.312 e. The van der Waals surface area contributed by atoms with Crippen molar-refractivity contribution in [3.8, 4) is 5.75 Å². The van der Waals surface area contributed by atoms with Crippen molar-refractivity contribution in [2.75, 3.05) is 20.8 Å². The molecule has 0 aliphatic carbocycles. The summed E-state index contributed by atoms with van der Waals surface area (Å²) in [6.07, 6.45) is 3.47. The van der Waals surface area contributed by atoms with Gasteiger partial charge in [-0.05, 0) is 24.6 Å². The quantitative estimate of drug-likeness (QED) is 0.615. The largest absolute Gasteiger partial charge is 0.497 e. The standard InChI is InChI=1S/C19H21NO5/c1-11(12-4-6-13(23-2)7-5-12)20-10-19-9-8-14(25-19)15(18(22)24-3)16(19)17(20)21/h4-9,11,14-16H,10H2,1-3H3/t11-,14+,15+,16-,19-/m1/s1. The number of carbonyl (C=O) groups is 2. The molecular weight excluding hydrogens is 322 g/mol. The molecule has 0 aromatic heterocycles. The highest BCUT2D eigenvalue weighted by atomic mass is 16.5. The average Bonchev–Trinajstić information content (AvgIpc) is 3.29. The Kier molecular flexibility index (Phi) is 3.61. The van der Waals surface area contributed by atoms with Crippen molar-refractivity contribution >= 4 is 11.9 Å². The smallest absolute Gasteiger partial charge is 0.312 e. The molecule has 1 amide bonds. The molecule has 4 rings (SSSR count). The SMILES string of the molecule is COC(=O)[C@H]1[C@@H]2C=C[C@]3(CN([C@H](C)c4ccc(OC)cc4)C(=O)[C@@H]13)O2. The molecule has 1 spiro atoms. The van der Waals surface area contributed by atoms with E-state index >= 15 is 0 Å². The number of likely N-dealkylation sites (tertiary alicyclic amines) is 1. The van der Waals surface area contributed by atoms with Crippen LogP contribution in [-0.2, 0) is 19.1 Å². The summed E-state index contributed by atoms with van der Waals surface area (Å²) in [7, 11) is 2.97. The summed E-state index contributed by atoms with van der Waals surface area (Å²) in [5.41, 5.74) is 0.306. The van der Waals surface area contributed by atoms with E-state index in [1.54, 1.807) is 12.0 Å². The van der Waals surface area contributed by atoms with Crippen LogP contribution in [0.2, 0.25) is 0 Å². The van der Waals surface area contributed by atoms with Gasteiger partial charge in [0.1, 0.15) is 17.3 Å². The average molecular weight is 343 g/mol. The first-order valence-corrected chi connectivity index (χ1v) is 8.40. The van der Waals surface area contributed by atoms with Gasteiger partial charge >= 0.3 is 5.97 Å². The summed E-state index contributed by atoms with van der Waals surface area (Å²) in [6.45, 7) is 2.44. The van der Waals surface area contributed by atoms with Gasteiger partial charge in [-0.1, -0.05) is 24.3 Å². The fraction of sp³-hybridized carbons (Fsp3) is 0.474. The number of hydrogen-bond donors (Lipinski definition) is 0. The molecule has 0 radical (unpaired) electrons. The van der Waals surface area contributed by atoms with Gasteiger partial charge in [-0.25, -0.2) is 0 Å². The molecule has 2 bridgehead atoms. The lowest BCUT2D eigenvalue weighted by molar-refractivity contribution is -0.151. The van der Waals surface area contributed by atoms with Gasteiger partial charge in [0.05, 0.1) is 38.8 Å². The van der Waals surface area contributed by atoms with Crippen LogP contribution in [0, 0.1) is 11.8 Å². The van der Waals surface area contributed by atoms with Gasteiger partial charge in [-0.2, -0.15) is 0 Å². The zero-order chi connectivity index (χ0) is 17.8. The molecule has 0 unspecified atom stereocenters. The maximum absolute atomic E-state index is 13.1. The molecule has 1 aromatic rings. The molecule has 2 saturated heterocycles. The van der Waals surface area contributed by atoms with Crippen LogP contribution in [0.4, 0.5) is 0 Å². The Balaban J connectivity index is 1.62. The zero-order valence-electron chi connectivity index (χ0n) is 14.5. The third kappa shape index (κ3) is 2.20. The topological polar surface area (TPSA) is 65.1 Å². The Morgan fingerprint density at radius 3 is 2.68 bits per heavy atom. The van der Waals surface area contributed by atoms with Gasteiger partial charge in [0.2, 0.25) is 5.91 Å². The molecule has 2 fully saturated rings. The van der Waals surface area contributed by atoms with Crippen LogP contribution in [0.15, 0.2) is 36.4 Å². The number of amides is 1. The molecule has 0 saturated carbocycles. The van der Waals surface area contributed by atoms with Gasteiger partial charge in [0, 0.05) is 0 Å². The molecule has 3 aliphatic heterocycles. The first-order valence-electron chi connectivity index (χ1n) is 8.40. The van der Waals surface area contributed by atoms with E-state index in [2.05, 4.69) is 0 Å². The van der Waals surface area contributed by atoms with E-state index in [1.807, 2.05) is 43.3 Å². The van der Waals surface area contributed by atoms with Gasteiger partial charge in [0.25, 0.3) is 0 Å². The first-order chi connectivity index (χ1) is 12.0. The summed E-state index contributed by atoms with van der Waals surface area (Å²) in [5.74, 6) is -0.722. The predicted molar refractivity (Wildman–Crippen MR) is 88.9 cm³/mol. The first kappa shape index (κ1) is 16.1. The van der Waals surface area contributed by atoms with E-state index < -0.39 is 17.4 Å². The summed E-state index contributed by atoms with van der Waals surface area (Å²) >= 11 is 0. The minimum Gasteiger partial charge on any atom is -0.497 e. The van der Waals surface area contributed by atoms with Crippen LogP contribution in [-0.4, -0.2) is 49.2 Å². The number of carbonyl (C=O) groups excluding carboxylic acids is 2. The second-order valence-corrected chi connectivity index (χ2v) is 6.84. The lowest BCUT2D eigenvalue weighted by Gasteiger charge is -2.27. The van der Waals surface area contributed by atoms with E-state index in [9.17, 15) is 9.59 Å². The number of methoxy groups -OCH3 is 2. The summed E-state index contributed by atoms with van der Waals surface area (Å²) in [5, 5.41) is 0. The van der Waals surface area contributed by atoms with Crippen molar-refractivity contribution in [1.29, 1.82) is 0 Å². The molecule has 3 heterocycles. The fourth-order valence-corrected chi connectivity index (χ4v) is 4.32. The minimum absolute atomic E-state index is 0.0504. The van der Waals surface area contributed by atoms with Crippen LogP contribution in [0.3, 0.4) is 0 Å². The maximum atomic E-state index is 13.1. The Morgan fingerprint density at radius 1 is 1.32 bits per heavy atom. The number of rotatable bonds is 4. The Hall–Kier alpha value is -2.34. The molecule has 6 heteroatoms. The second kappa shape index (κ2) is 5.59. The van der Waals surface area contributed by atoms with E-state index in [4.69, 9.17) is 14.2 Å². The minimum atomic E-state index is -0.707. The summed E-state index contributed by atoms with van der Waals surface area (Å²) in [6, 6.07) is 7.55. The number of ether oxygens (including phenoxy) is 3. The fourth-order valence-electron chi connectivity index (χ4n) is 4.32. The van der Waals surface area contributed by atoms with Crippen LogP contribution >= 0.6 is 0 Å². The summed E-state index contributed by atoms with van der Waals surface area (Å²) in [4.78, 5) is 27.1. The Labute approximate surface area is 146 Å².